The third-order valence-electron chi connectivity index (χ3n) is 6.58. The van der Waals surface area contributed by atoms with Crippen LogP contribution in [-0.2, 0) is 14.0 Å². The van der Waals surface area contributed by atoms with Gasteiger partial charge in [0.25, 0.3) is 0 Å². The van der Waals surface area contributed by atoms with Crippen LogP contribution in [0.3, 0.4) is 0 Å². The van der Waals surface area contributed by atoms with E-state index < -0.39 is 8.32 Å². The first-order chi connectivity index (χ1) is 10.6. The third-order valence-corrected chi connectivity index (χ3v) is 11.1. The largest absolute Gasteiger partial charge is 0.417 e. The van der Waals surface area contributed by atoms with Crippen LogP contribution in [-0.4, -0.2) is 26.5 Å². The Hall–Kier alpha value is -0.483. The first kappa shape index (κ1) is 18.8. The van der Waals surface area contributed by atoms with Gasteiger partial charge in [0.15, 0.2) is 8.32 Å². The number of carbonyl (C=O) groups is 2. The molecule has 3 nitrogen and oxygen atoms in total. The van der Waals surface area contributed by atoms with Crippen LogP contribution in [0.2, 0.25) is 18.1 Å². The van der Waals surface area contributed by atoms with Gasteiger partial charge in [0, 0.05) is 31.3 Å². The lowest BCUT2D eigenvalue weighted by Gasteiger charge is -2.44. The second kappa shape index (κ2) is 6.79. The molecule has 2 fully saturated rings. The highest BCUT2D eigenvalue weighted by Gasteiger charge is 2.47. The van der Waals surface area contributed by atoms with Crippen LogP contribution in [0.5, 0.6) is 0 Å². The fourth-order valence-electron chi connectivity index (χ4n) is 4.02. The molecular weight excluding hydrogens is 304 g/mol. The molecule has 0 unspecified atom stereocenters. The van der Waals surface area contributed by atoms with Crippen molar-refractivity contribution < 1.29 is 14.0 Å². The van der Waals surface area contributed by atoms with Gasteiger partial charge in [-0.2, -0.15) is 0 Å². The number of hydrogen-bond donors (Lipinski definition) is 0. The molecule has 2 aliphatic carbocycles. The Morgan fingerprint density at radius 2 is 1.70 bits per heavy atom. The van der Waals surface area contributed by atoms with Gasteiger partial charge in [-0.3, -0.25) is 9.59 Å². The van der Waals surface area contributed by atoms with Crippen molar-refractivity contribution in [3.8, 4) is 0 Å². The molecule has 2 aliphatic rings. The highest BCUT2D eigenvalue weighted by molar-refractivity contribution is 6.74. The average molecular weight is 339 g/mol. The van der Waals surface area contributed by atoms with Crippen LogP contribution in [0.15, 0.2) is 0 Å². The van der Waals surface area contributed by atoms with Gasteiger partial charge in [0.1, 0.15) is 11.6 Å². The van der Waals surface area contributed by atoms with Crippen molar-refractivity contribution in [3.05, 3.63) is 0 Å². The predicted octanol–water partition coefficient (Wildman–Crippen LogP) is 4.61. The minimum absolute atomic E-state index is 0.00497. The van der Waals surface area contributed by atoms with Gasteiger partial charge in [0.2, 0.25) is 0 Å². The van der Waals surface area contributed by atoms with Crippen molar-refractivity contribution >= 4 is 19.9 Å². The van der Waals surface area contributed by atoms with Crippen LogP contribution in [0, 0.1) is 23.7 Å². The van der Waals surface area contributed by atoms with Crippen molar-refractivity contribution in [2.24, 2.45) is 23.7 Å². The van der Waals surface area contributed by atoms with Gasteiger partial charge in [-0.05, 0) is 42.8 Å². The number of ketones is 2. The van der Waals surface area contributed by atoms with Gasteiger partial charge in [-0.25, -0.2) is 0 Å². The molecule has 2 saturated carbocycles. The number of fused-ring (bicyclic) bond motifs is 1. The van der Waals surface area contributed by atoms with Crippen molar-refractivity contribution in [1.29, 1.82) is 0 Å². The van der Waals surface area contributed by atoms with Gasteiger partial charge >= 0.3 is 0 Å². The molecule has 0 N–H and O–H groups in total. The molecule has 132 valence electrons. The van der Waals surface area contributed by atoms with Gasteiger partial charge in [-0.1, -0.05) is 34.1 Å². The zero-order valence-corrected chi connectivity index (χ0v) is 16.8. The summed E-state index contributed by atoms with van der Waals surface area (Å²) in [5.74, 6) is 1.45. The smallest absolute Gasteiger partial charge is 0.191 e. The lowest BCUT2D eigenvalue weighted by atomic mass is 9.61. The number of rotatable bonds is 4. The highest BCUT2D eigenvalue weighted by Crippen LogP contribution is 2.45. The van der Waals surface area contributed by atoms with Crippen LogP contribution in [0.25, 0.3) is 0 Å². The Bertz CT molecular complexity index is 464. The van der Waals surface area contributed by atoms with E-state index in [9.17, 15) is 9.59 Å². The van der Waals surface area contributed by atoms with Crippen molar-refractivity contribution in [2.75, 3.05) is 6.61 Å². The number of Topliss-reactive ketones (excluding diaryl/α,β-unsaturated/α-hetero) is 2. The van der Waals surface area contributed by atoms with Gasteiger partial charge in [-0.15, -0.1) is 0 Å². The summed E-state index contributed by atoms with van der Waals surface area (Å²) in [6, 6.07) is 0. The van der Waals surface area contributed by atoms with Gasteiger partial charge < -0.3 is 4.43 Å². The molecule has 2 rings (SSSR count). The summed E-state index contributed by atoms with van der Waals surface area (Å²) in [7, 11) is -1.75. The molecule has 0 aromatic heterocycles. The Labute approximate surface area is 142 Å². The van der Waals surface area contributed by atoms with E-state index in [1.807, 2.05) is 0 Å². The standard InChI is InChI=1S/C19H34O3Si/c1-7-14-10-13(12-22-23(5,6)19(2,3)4)11-15-16(20)8-9-17(21)18(14)15/h13-15,18H,7-12H2,1-6H3/t13-,14+,15+,18+/m1/s1. The molecule has 0 aromatic rings. The van der Waals surface area contributed by atoms with E-state index in [2.05, 4.69) is 40.8 Å². The molecule has 0 radical (unpaired) electrons. The summed E-state index contributed by atoms with van der Waals surface area (Å²) >= 11 is 0. The van der Waals surface area contributed by atoms with E-state index in [0.29, 0.717) is 36.2 Å². The molecule has 23 heavy (non-hydrogen) atoms. The maximum Gasteiger partial charge on any atom is 0.191 e. The van der Waals surface area contributed by atoms with Crippen molar-refractivity contribution in [3.63, 3.8) is 0 Å². The van der Waals surface area contributed by atoms with Crippen molar-refractivity contribution in [2.45, 2.75) is 77.9 Å². The summed E-state index contributed by atoms with van der Waals surface area (Å²) in [6.45, 7) is 14.3. The SMILES string of the molecule is CC[C@H]1C[C@@H](CO[Si](C)(C)C(C)(C)C)C[C@H]2C(=O)CCC(=O)[C@@H]12. The number of hydrogen-bond acceptors (Lipinski definition) is 3. The van der Waals surface area contributed by atoms with E-state index in [4.69, 9.17) is 4.43 Å². The summed E-state index contributed by atoms with van der Waals surface area (Å²) < 4.78 is 6.41. The summed E-state index contributed by atoms with van der Waals surface area (Å²) in [6.07, 6.45) is 3.84. The molecular formula is C19H34O3Si. The van der Waals surface area contributed by atoms with Crippen molar-refractivity contribution in [1.82, 2.24) is 0 Å². The second-order valence-corrected chi connectivity index (χ2v) is 14.0. The Kier molecular flexibility index (Phi) is 5.57. The zero-order valence-electron chi connectivity index (χ0n) is 15.8. The molecule has 0 saturated heterocycles. The molecule has 4 atom stereocenters. The predicted molar refractivity (Wildman–Crippen MR) is 95.9 cm³/mol. The Morgan fingerprint density at radius 3 is 2.26 bits per heavy atom. The average Bonchev–Trinajstić information content (AvgIpc) is 2.47. The third kappa shape index (κ3) is 3.96. The maximum absolute atomic E-state index is 12.4. The van der Waals surface area contributed by atoms with Gasteiger partial charge in [0.05, 0.1) is 0 Å². The molecule has 4 heteroatoms. The Morgan fingerprint density at radius 1 is 1.09 bits per heavy atom. The van der Waals surface area contributed by atoms with E-state index in [0.717, 1.165) is 25.9 Å². The Balaban J connectivity index is 2.05. The molecule has 0 aromatic carbocycles. The molecule has 0 aliphatic heterocycles. The van der Waals surface area contributed by atoms with Crippen LogP contribution in [0.4, 0.5) is 0 Å². The monoisotopic (exact) mass is 338 g/mol. The second-order valence-electron chi connectivity index (χ2n) is 9.14. The first-order valence-corrected chi connectivity index (χ1v) is 12.2. The summed E-state index contributed by atoms with van der Waals surface area (Å²) in [5, 5.41) is 0.213. The fraction of sp³-hybridized carbons (Fsp3) is 0.895. The van der Waals surface area contributed by atoms with Crippen LogP contribution >= 0.6 is 0 Å². The van der Waals surface area contributed by atoms with E-state index in [1.165, 1.54) is 0 Å². The molecule has 0 bridgehead atoms. The highest BCUT2D eigenvalue weighted by atomic mass is 28.4. The fourth-order valence-corrected chi connectivity index (χ4v) is 5.11. The minimum Gasteiger partial charge on any atom is -0.417 e. The zero-order chi connectivity index (χ0) is 17.4. The maximum atomic E-state index is 12.4. The van der Waals surface area contributed by atoms with Crippen LogP contribution in [0.1, 0.15) is 59.8 Å². The van der Waals surface area contributed by atoms with E-state index in [-0.39, 0.29) is 16.9 Å². The normalized spacial score (nSPS) is 32.8. The lowest BCUT2D eigenvalue weighted by molar-refractivity contribution is -0.143. The topological polar surface area (TPSA) is 43.4 Å². The van der Waals surface area contributed by atoms with Crippen LogP contribution < -0.4 is 0 Å². The van der Waals surface area contributed by atoms with E-state index >= 15 is 0 Å². The molecule has 0 amide bonds. The number of carbonyl (C=O) groups excluding carboxylic acids is 2. The molecule has 0 spiro atoms. The van der Waals surface area contributed by atoms with E-state index in [1.54, 1.807) is 0 Å². The first-order valence-electron chi connectivity index (χ1n) is 9.26. The minimum atomic E-state index is -1.75. The quantitative estimate of drug-likeness (QED) is 0.703. The lowest BCUT2D eigenvalue weighted by Crippen LogP contribution is -2.47. The summed E-state index contributed by atoms with van der Waals surface area (Å²) in [4.78, 5) is 24.7. The summed E-state index contributed by atoms with van der Waals surface area (Å²) in [5.41, 5.74) is 0. The molecule has 0 heterocycles.